The maximum atomic E-state index is 12.2. The average molecular weight is 415 g/mol. The molecule has 2 heterocycles. The fraction of sp³-hybridized carbons (Fsp3) is 0.286. The smallest absolute Gasteiger partial charge is 0.325 e. The number of hydrogen-bond acceptors (Lipinski definition) is 6. The van der Waals surface area contributed by atoms with Crippen molar-refractivity contribution in [1.82, 2.24) is 10.3 Å². The van der Waals surface area contributed by atoms with Gasteiger partial charge in [0.05, 0.1) is 5.69 Å². The minimum absolute atomic E-state index is 0.0256. The van der Waals surface area contributed by atoms with E-state index in [1.165, 1.54) is 11.3 Å². The molecule has 0 atom stereocenters. The van der Waals surface area contributed by atoms with Gasteiger partial charge in [0.15, 0.2) is 0 Å². The Balaban J connectivity index is 1.46. The van der Waals surface area contributed by atoms with Crippen molar-refractivity contribution in [2.75, 3.05) is 6.54 Å². The van der Waals surface area contributed by atoms with Crippen LogP contribution >= 0.6 is 22.7 Å². The summed E-state index contributed by atoms with van der Waals surface area (Å²) in [4.78, 5) is 28.6. The molecule has 0 saturated heterocycles. The van der Waals surface area contributed by atoms with Crippen molar-refractivity contribution in [2.24, 2.45) is 0 Å². The second-order valence-electron chi connectivity index (χ2n) is 7.33. The van der Waals surface area contributed by atoms with Gasteiger partial charge in [0.2, 0.25) is 0 Å². The molecule has 0 bridgehead atoms. The van der Waals surface area contributed by atoms with Crippen LogP contribution in [0.15, 0.2) is 46.5 Å². The third-order valence-corrected chi connectivity index (χ3v) is 5.73. The van der Waals surface area contributed by atoms with E-state index in [9.17, 15) is 9.59 Å². The van der Waals surface area contributed by atoms with Crippen LogP contribution < -0.4 is 5.32 Å². The summed E-state index contributed by atoms with van der Waals surface area (Å²) in [5.41, 5.74) is 3.45. The Labute approximate surface area is 172 Å². The first-order chi connectivity index (χ1) is 13.3. The molecular weight excluding hydrogens is 392 g/mol. The number of ether oxygens (including phenoxy) is 1. The summed E-state index contributed by atoms with van der Waals surface area (Å²) in [6.45, 7) is 6.26. The van der Waals surface area contributed by atoms with Gasteiger partial charge in [-0.15, -0.1) is 11.3 Å². The second-order valence-corrected chi connectivity index (χ2v) is 8.96. The Morgan fingerprint density at radius 1 is 1.11 bits per heavy atom. The molecule has 1 N–H and O–H groups in total. The number of carbonyl (C=O) groups excluding carboxylic acids is 2. The Morgan fingerprint density at radius 3 is 2.50 bits per heavy atom. The van der Waals surface area contributed by atoms with Crippen molar-refractivity contribution in [1.29, 1.82) is 0 Å². The lowest BCUT2D eigenvalue weighted by molar-refractivity contribution is -0.143. The molecule has 0 aliphatic heterocycles. The largest absolute Gasteiger partial charge is 0.458 e. The summed E-state index contributed by atoms with van der Waals surface area (Å²) in [5, 5.41) is 9.39. The van der Waals surface area contributed by atoms with Crippen molar-refractivity contribution in [2.45, 2.75) is 32.8 Å². The van der Waals surface area contributed by atoms with Crippen LogP contribution in [-0.2, 0) is 21.6 Å². The molecule has 146 valence electrons. The summed E-state index contributed by atoms with van der Waals surface area (Å²) >= 11 is 3.12. The van der Waals surface area contributed by atoms with Gasteiger partial charge in [0, 0.05) is 21.9 Å². The molecule has 3 rings (SSSR count). The maximum Gasteiger partial charge on any atom is 0.325 e. The number of hydrogen-bond donors (Lipinski definition) is 1. The molecule has 0 spiro atoms. The van der Waals surface area contributed by atoms with E-state index in [2.05, 4.69) is 31.1 Å². The van der Waals surface area contributed by atoms with Gasteiger partial charge in [0.25, 0.3) is 5.91 Å². The lowest BCUT2D eigenvalue weighted by atomic mass is 9.87. The van der Waals surface area contributed by atoms with Crippen LogP contribution in [-0.4, -0.2) is 23.4 Å². The van der Waals surface area contributed by atoms with Gasteiger partial charge < -0.3 is 10.1 Å². The van der Waals surface area contributed by atoms with Crippen molar-refractivity contribution >= 4 is 34.6 Å². The molecule has 1 amide bonds. The van der Waals surface area contributed by atoms with Crippen LogP contribution in [0.5, 0.6) is 0 Å². The number of thiophene rings is 1. The molecule has 0 radical (unpaired) electrons. The van der Waals surface area contributed by atoms with E-state index in [1.54, 1.807) is 23.5 Å². The quantitative estimate of drug-likeness (QED) is 0.597. The number of carbonyl (C=O) groups is 2. The summed E-state index contributed by atoms with van der Waals surface area (Å²) in [7, 11) is 0. The van der Waals surface area contributed by atoms with Crippen molar-refractivity contribution in [3.05, 3.63) is 63.3 Å². The fourth-order valence-electron chi connectivity index (χ4n) is 2.47. The van der Waals surface area contributed by atoms with Crippen LogP contribution in [0.25, 0.3) is 10.6 Å². The lowest BCUT2D eigenvalue weighted by Gasteiger charge is -2.19. The molecule has 0 saturated carbocycles. The Kier molecular flexibility index (Phi) is 6.26. The standard InChI is InChI=1S/C21H22N2O3S2/c1-21(2,3)16-6-4-14(5-7-16)19(25)22-10-18(24)26-11-17-13-28-20(23-17)15-8-9-27-12-15/h4-9,12-13H,10-11H2,1-3H3,(H,22,25). The van der Waals surface area contributed by atoms with Gasteiger partial charge in [-0.1, -0.05) is 32.9 Å². The lowest BCUT2D eigenvalue weighted by Crippen LogP contribution is -2.30. The average Bonchev–Trinajstić information content (AvgIpc) is 3.35. The van der Waals surface area contributed by atoms with Crippen LogP contribution in [0.2, 0.25) is 0 Å². The van der Waals surface area contributed by atoms with E-state index >= 15 is 0 Å². The summed E-state index contributed by atoms with van der Waals surface area (Å²) in [6, 6.07) is 9.40. The van der Waals surface area contributed by atoms with Crippen molar-refractivity contribution in [3.8, 4) is 10.6 Å². The number of benzene rings is 1. The first kappa shape index (κ1) is 20.2. The zero-order chi connectivity index (χ0) is 20.1. The number of thiazole rings is 1. The fourth-order valence-corrected chi connectivity index (χ4v) is 3.99. The van der Waals surface area contributed by atoms with Crippen molar-refractivity contribution in [3.63, 3.8) is 0 Å². The molecule has 1 aromatic carbocycles. The number of rotatable bonds is 6. The molecule has 5 nitrogen and oxygen atoms in total. The Bertz CT molecular complexity index is 939. The van der Waals surface area contributed by atoms with E-state index < -0.39 is 5.97 Å². The van der Waals surface area contributed by atoms with Crippen molar-refractivity contribution < 1.29 is 14.3 Å². The van der Waals surface area contributed by atoms with Gasteiger partial charge in [-0.25, -0.2) is 4.98 Å². The molecule has 0 aliphatic rings. The van der Waals surface area contributed by atoms with Gasteiger partial charge in [-0.2, -0.15) is 11.3 Å². The minimum atomic E-state index is -0.496. The molecule has 0 unspecified atom stereocenters. The third kappa shape index (κ3) is 5.27. The van der Waals surface area contributed by atoms with E-state index in [0.717, 1.165) is 16.1 Å². The summed E-state index contributed by atoms with van der Waals surface area (Å²) < 4.78 is 5.20. The van der Waals surface area contributed by atoms with Crippen LogP contribution in [0, 0.1) is 0 Å². The monoisotopic (exact) mass is 414 g/mol. The molecule has 3 aromatic rings. The van der Waals surface area contributed by atoms with Gasteiger partial charge >= 0.3 is 5.97 Å². The zero-order valence-electron chi connectivity index (χ0n) is 16.0. The molecule has 0 fully saturated rings. The summed E-state index contributed by atoms with van der Waals surface area (Å²) in [5.74, 6) is -0.796. The Hall–Kier alpha value is -2.51. The highest BCUT2D eigenvalue weighted by atomic mass is 32.1. The molecule has 2 aromatic heterocycles. The van der Waals surface area contributed by atoms with Gasteiger partial charge in [-0.05, 0) is 34.6 Å². The first-order valence-corrected chi connectivity index (χ1v) is 10.7. The maximum absolute atomic E-state index is 12.2. The predicted molar refractivity (Wildman–Crippen MR) is 113 cm³/mol. The highest BCUT2D eigenvalue weighted by Gasteiger charge is 2.15. The van der Waals surface area contributed by atoms with Crippen LogP contribution in [0.4, 0.5) is 0 Å². The number of amides is 1. The molecular formula is C21H22N2O3S2. The van der Waals surface area contributed by atoms with Crippen LogP contribution in [0.1, 0.15) is 42.4 Å². The number of aromatic nitrogens is 1. The van der Waals surface area contributed by atoms with E-state index in [0.29, 0.717) is 11.3 Å². The van der Waals surface area contributed by atoms with Gasteiger partial charge in [0.1, 0.15) is 18.2 Å². The topological polar surface area (TPSA) is 68.3 Å². The Morgan fingerprint density at radius 2 is 1.86 bits per heavy atom. The minimum Gasteiger partial charge on any atom is -0.458 e. The highest BCUT2D eigenvalue weighted by molar-refractivity contribution is 7.14. The predicted octanol–water partition coefficient (Wildman–Crippen LogP) is 4.64. The third-order valence-electron chi connectivity index (χ3n) is 4.11. The zero-order valence-corrected chi connectivity index (χ0v) is 17.7. The number of nitrogens with zero attached hydrogens (tertiary/aromatic N) is 1. The molecule has 0 aliphatic carbocycles. The highest BCUT2D eigenvalue weighted by Crippen LogP contribution is 2.26. The first-order valence-electron chi connectivity index (χ1n) is 8.84. The van der Waals surface area contributed by atoms with Crippen LogP contribution in [0.3, 0.4) is 0 Å². The van der Waals surface area contributed by atoms with Gasteiger partial charge in [-0.3, -0.25) is 9.59 Å². The van der Waals surface area contributed by atoms with E-state index in [1.807, 2.05) is 34.3 Å². The summed E-state index contributed by atoms with van der Waals surface area (Å²) in [6.07, 6.45) is 0. The number of esters is 1. The SMILES string of the molecule is CC(C)(C)c1ccc(C(=O)NCC(=O)OCc2csc(-c3ccsc3)n2)cc1. The normalized spacial score (nSPS) is 11.2. The number of nitrogens with one attached hydrogen (secondary N) is 1. The molecule has 7 heteroatoms. The molecule has 28 heavy (non-hydrogen) atoms. The van der Waals surface area contributed by atoms with E-state index in [4.69, 9.17) is 4.74 Å². The van der Waals surface area contributed by atoms with E-state index in [-0.39, 0.29) is 24.5 Å². The second kappa shape index (κ2) is 8.67.